The topological polar surface area (TPSA) is 57.0 Å². The monoisotopic (exact) mass is 423 g/mol. The molecule has 1 saturated heterocycles. The Hall–Kier alpha value is -3.49. The molecule has 1 aromatic heterocycles. The van der Waals surface area contributed by atoms with Gasteiger partial charge in [0.25, 0.3) is 5.91 Å². The lowest BCUT2D eigenvalue weighted by molar-refractivity contribution is 0.0708. The summed E-state index contributed by atoms with van der Waals surface area (Å²) in [6, 6.07) is 25.5. The molecule has 4 nitrogen and oxygen atoms in total. The predicted molar refractivity (Wildman–Crippen MR) is 124 cm³/mol. The van der Waals surface area contributed by atoms with Gasteiger partial charge in [-0.2, -0.15) is 5.26 Å². The number of likely N-dealkylation sites (tertiary alicyclic amines) is 1. The number of aromatic nitrogens is 1. The number of para-hydroxylation sites is 1. The van der Waals surface area contributed by atoms with E-state index in [4.69, 9.17) is 4.98 Å². The van der Waals surface area contributed by atoms with Gasteiger partial charge in [0, 0.05) is 30.1 Å². The van der Waals surface area contributed by atoms with Crippen LogP contribution in [0, 0.1) is 11.3 Å². The molecule has 1 aliphatic rings. The highest BCUT2D eigenvalue weighted by Gasteiger charge is 2.28. The summed E-state index contributed by atoms with van der Waals surface area (Å²) in [4.78, 5) is 20.4. The summed E-state index contributed by atoms with van der Waals surface area (Å²) >= 11 is 1.73. The lowest BCUT2D eigenvalue weighted by Crippen LogP contribution is -2.39. The molecule has 2 heterocycles. The van der Waals surface area contributed by atoms with Crippen molar-refractivity contribution in [1.82, 2.24) is 9.88 Å². The van der Waals surface area contributed by atoms with Crippen molar-refractivity contribution < 1.29 is 4.79 Å². The minimum atomic E-state index is 0.0224. The minimum absolute atomic E-state index is 0.0224. The van der Waals surface area contributed by atoms with Crippen molar-refractivity contribution in [2.45, 2.75) is 18.8 Å². The molecule has 0 spiro atoms. The number of thiazole rings is 1. The highest BCUT2D eigenvalue weighted by Crippen LogP contribution is 2.34. The van der Waals surface area contributed by atoms with Crippen molar-refractivity contribution in [2.75, 3.05) is 13.1 Å². The van der Waals surface area contributed by atoms with Gasteiger partial charge in [-0.3, -0.25) is 4.79 Å². The number of carbonyl (C=O) groups is 1. The second-order valence-electron chi connectivity index (χ2n) is 7.81. The van der Waals surface area contributed by atoms with Crippen LogP contribution in [-0.4, -0.2) is 28.9 Å². The number of fused-ring (bicyclic) bond motifs is 1. The van der Waals surface area contributed by atoms with Crippen LogP contribution in [-0.2, 0) is 0 Å². The summed E-state index contributed by atoms with van der Waals surface area (Å²) in [5.41, 5.74) is 3.87. The number of amides is 1. The Labute approximate surface area is 185 Å². The zero-order valence-corrected chi connectivity index (χ0v) is 17.8. The van der Waals surface area contributed by atoms with E-state index in [1.54, 1.807) is 17.4 Å². The molecule has 1 atom stereocenters. The maximum atomic E-state index is 13.6. The van der Waals surface area contributed by atoms with Gasteiger partial charge in [0.2, 0.25) is 0 Å². The van der Waals surface area contributed by atoms with Crippen LogP contribution >= 0.6 is 11.3 Å². The molecule has 1 amide bonds. The lowest BCUT2D eigenvalue weighted by Gasteiger charge is -2.32. The highest BCUT2D eigenvalue weighted by atomic mass is 32.1. The number of nitrogens with zero attached hydrogens (tertiary/aromatic N) is 3. The Kier molecular flexibility index (Phi) is 5.23. The van der Waals surface area contributed by atoms with Crippen molar-refractivity contribution in [3.05, 3.63) is 88.9 Å². The van der Waals surface area contributed by atoms with E-state index in [0.29, 0.717) is 17.7 Å². The molecule has 0 unspecified atom stereocenters. The Morgan fingerprint density at radius 3 is 2.58 bits per heavy atom. The third-order valence-corrected chi connectivity index (χ3v) is 7.06. The van der Waals surface area contributed by atoms with Crippen molar-refractivity contribution in [3.63, 3.8) is 0 Å². The van der Waals surface area contributed by atoms with Crippen LogP contribution in [0.1, 0.15) is 39.7 Å². The quantitative estimate of drug-likeness (QED) is 0.415. The lowest BCUT2D eigenvalue weighted by atomic mass is 9.93. The summed E-state index contributed by atoms with van der Waals surface area (Å²) in [5, 5.41) is 10.6. The Balaban J connectivity index is 1.45. The Morgan fingerprint density at radius 2 is 1.74 bits per heavy atom. The van der Waals surface area contributed by atoms with E-state index in [1.807, 2.05) is 65.6 Å². The molecular formula is C26H21N3OS. The molecule has 0 radical (unpaired) electrons. The van der Waals surface area contributed by atoms with Gasteiger partial charge < -0.3 is 4.90 Å². The standard InChI is InChI=1S/C26H21N3OS/c27-16-18-8-1-2-10-20(18)21-11-3-4-12-22(21)26(30)29-15-7-9-19(17-29)25-28-23-13-5-6-14-24(23)31-25/h1-6,8,10-14,19H,7,9,15,17H2/t19-/m1/s1. The van der Waals surface area contributed by atoms with E-state index in [9.17, 15) is 10.1 Å². The van der Waals surface area contributed by atoms with Gasteiger partial charge in [0.15, 0.2) is 0 Å². The average Bonchev–Trinajstić information content (AvgIpc) is 3.28. The van der Waals surface area contributed by atoms with E-state index in [1.165, 1.54) is 4.70 Å². The van der Waals surface area contributed by atoms with Crippen LogP contribution in [0.15, 0.2) is 72.8 Å². The first-order chi connectivity index (χ1) is 15.2. The van der Waals surface area contributed by atoms with Crippen LogP contribution in [0.25, 0.3) is 21.3 Å². The summed E-state index contributed by atoms with van der Waals surface area (Å²) < 4.78 is 1.19. The fourth-order valence-corrected chi connectivity index (χ4v) is 5.41. The van der Waals surface area contributed by atoms with Crippen LogP contribution < -0.4 is 0 Å². The van der Waals surface area contributed by atoms with E-state index < -0.39 is 0 Å². The number of carbonyl (C=O) groups excluding carboxylic acids is 1. The third-order valence-electron chi connectivity index (χ3n) is 5.86. The normalized spacial score (nSPS) is 16.2. The van der Waals surface area contributed by atoms with Gasteiger partial charge in [-0.15, -0.1) is 11.3 Å². The average molecular weight is 424 g/mol. The number of benzene rings is 3. The summed E-state index contributed by atoms with van der Waals surface area (Å²) in [7, 11) is 0. The van der Waals surface area contributed by atoms with E-state index in [-0.39, 0.29) is 11.8 Å². The zero-order valence-electron chi connectivity index (χ0n) is 17.0. The number of nitriles is 1. The van der Waals surface area contributed by atoms with Crippen molar-refractivity contribution in [3.8, 4) is 17.2 Å². The predicted octanol–water partition coefficient (Wildman–Crippen LogP) is 5.85. The van der Waals surface area contributed by atoms with Crippen LogP contribution in [0.3, 0.4) is 0 Å². The van der Waals surface area contributed by atoms with Crippen LogP contribution in [0.2, 0.25) is 0 Å². The van der Waals surface area contributed by atoms with Gasteiger partial charge >= 0.3 is 0 Å². The molecule has 31 heavy (non-hydrogen) atoms. The highest BCUT2D eigenvalue weighted by molar-refractivity contribution is 7.18. The van der Waals surface area contributed by atoms with E-state index in [0.717, 1.165) is 41.0 Å². The largest absolute Gasteiger partial charge is 0.338 e. The SMILES string of the molecule is N#Cc1ccccc1-c1ccccc1C(=O)N1CCC[C@@H](c2nc3ccccc3s2)C1. The molecule has 152 valence electrons. The van der Waals surface area contributed by atoms with Gasteiger partial charge in [-0.05, 0) is 42.7 Å². The Bertz CT molecular complexity index is 1270. The molecule has 3 aromatic carbocycles. The number of piperidine rings is 1. The summed E-state index contributed by atoms with van der Waals surface area (Å²) in [6.07, 6.45) is 2.01. The van der Waals surface area contributed by atoms with Crippen LogP contribution in [0.4, 0.5) is 0 Å². The molecule has 0 bridgehead atoms. The first-order valence-corrected chi connectivity index (χ1v) is 11.3. The van der Waals surface area contributed by atoms with E-state index >= 15 is 0 Å². The molecule has 4 aromatic rings. The second-order valence-corrected chi connectivity index (χ2v) is 8.88. The first kappa shape index (κ1) is 19.5. The summed E-state index contributed by atoms with van der Waals surface area (Å²) in [6.45, 7) is 1.42. The second kappa shape index (κ2) is 8.33. The first-order valence-electron chi connectivity index (χ1n) is 10.5. The molecule has 1 aliphatic heterocycles. The van der Waals surface area contributed by atoms with Gasteiger partial charge in [-0.1, -0.05) is 48.5 Å². The number of hydrogen-bond acceptors (Lipinski definition) is 4. The van der Waals surface area contributed by atoms with Crippen LogP contribution in [0.5, 0.6) is 0 Å². The fourth-order valence-electron chi connectivity index (χ4n) is 4.32. The fraction of sp³-hybridized carbons (Fsp3) is 0.192. The molecule has 0 saturated carbocycles. The Morgan fingerprint density at radius 1 is 1.00 bits per heavy atom. The van der Waals surface area contributed by atoms with Crippen molar-refractivity contribution in [2.24, 2.45) is 0 Å². The molecule has 5 heteroatoms. The molecule has 5 rings (SSSR count). The van der Waals surface area contributed by atoms with Crippen molar-refractivity contribution in [1.29, 1.82) is 5.26 Å². The minimum Gasteiger partial charge on any atom is -0.338 e. The number of rotatable bonds is 3. The zero-order chi connectivity index (χ0) is 21.2. The number of hydrogen-bond donors (Lipinski definition) is 0. The van der Waals surface area contributed by atoms with E-state index in [2.05, 4.69) is 12.1 Å². The molecule has 0 aliphatic carbocycles. The molecule has 0 N–H and O–H groups in total. The van der Waals surface area contributed by atoms with Crippen molar-refractivity contribution >= 4 is 27.5 Å². The van der Waals surface area contributed by atoms with Gasteiger partial charge in [0.05, 0.1) is 26.9 Å². The summed E-state index contributed by atoms with van der Waals surface area (Å²) in [5.74, 6) is 0.280. The van der Waals surface area contributed by atoms with Gasteiger partial charge in [-0.25, -0.2) is 4.98 Å². The third kappa shape index (κ3) is 3.71. The molecule has 1 fully saturated rings. The maximum Gasteiger partial charge on any atom is 0.254 e. The maximum absolute atomic E-state index is 13.6. The van der Waals surface area contributed by atoms with Gasteiger partial charge in [0.1, 0.15) is 0 Å². The smallest absolute Gasteiger partial charge is 0.254 e. The molecular weight excluding hydrogens is 402 g/mol.